The standard InChI is InChI=1S/C21H20ClNO2/c1-14(2)20-19(9-5-6-15-10-12-16(24)13-11-15)23-21(25-20)17-7-3-4-8-18(17)22/h3-8,10-14,24H,9H2,1-2H3/b6-5+. The summed E-state index contributed by atoms with van der Waals surface area (Å²) in [6.45, 7) is 4.17. The Balaban J connectivity index is 1.85. The van der Waals surface area contributed by atoms with E-state index >= 15 is 0 Å². The van der Waals surface area contributed by atoms with Gasteiger partial charge in [0.25, 0.3) is 0 Å². The average Bonchev–Trinajstić information content (AvgIpc) is 3.01. The lowest BCUT2D eigenvalue weighted by atomic mass is 10.1. The molecule has 0 saturated carbocycles. The molecule has 0 fully saturated rings. The van der Waals surface area contributed by atoms with Gasteiger partial charge in [0, 0.05) is 12.3 Å². The fourth-order valence-electron chi connectivity index (χ4n) is 2.60. The van der Waals surface area contributed by atoms with Crippen LogP contribution in [0, 0.1) is 0 Å². The molecule has 0 aliphatic heterocycles. The molecule has 3 aromatic rings. The van der Waals surface area contributed by atoms with E-state index in [0.29, 0.717) is 17.3 Å². The van der Waals surface area contributed by atoms with Gasteiger partial charge < -0.3 is 9.52 Å². The maximum Gasteiger partial charge on any atom is 0.228 e. The van der Waals surface area contributed by atoms with Gasteiger partial charge in [-0.25, -0.2) is 4.98 Å². The monoisotopic (exact) mass is 353 g/mol. The Morgan fingerprint density at radius 3 is 2.52 bits per heavy atom. The zero-order chi connectivity index (χ0) is 17.8. The number of nitrogens with zero attached hydrogens (tertiary/aromatic N) is 1. The molecule has 3 nitrogen and oxygen atoms in total. The molecule has 0 saturated heterocycles. The lowest BCUT2D eigenvalue weighted by Crippen LogP contribution is -1.92. The predicted octanol–water partition coefficient (Wildman–Crippen LogP) is 6.08. The van der Waals surface area contributed by atoms with E-state index in [2.05, 4.69) is 18.8 Å². The summed E-state index contributed by atoms with van der Waals surface area (Å²) in [5.74, 6) is 1.94. The van der Waals surface area contributed by atoms with Crippen LogP contribution < -0.4 is 0 Å². The first-order valence-corrected chi connectivity index (χ1v) is 8.62. The third-order valence-corrected chi connectivity index (χ3v) is 4.20. The molecule has 25 heavy (non-hydrogen) atoms. The van der Waals surface area contributed by atoms with Crippen LogP contribution in [-0.4, -0.2) is 10.1 Å². The molecule has 0 radical (unpaired) electrons. The Labute approximate surface area is 152 Å². The molecule has 1 N–H and O–H groups in total. The van der Waals surface area contributed by atoms with Crippen molar-refractivity contribution in [2.24, 2.45) is 0 Å². The fourth-order valence-corrected chi connectivity index (χ4v) is 2.82. The molecule has 0 spiro atoms. The predicted molar refractivity (Wildman–Crippen MR) is 102 cm³/mol. The number of aromatic hydroxyl groups is 1. The van der Waals surface area contributed by atoms with Crippen LogP contribution in [0.5, 0.6) is 5.75 Å². The number of phenols is 1. The van der Waals surface area contributed by atoms with E-state index in [4.69, 9.17) is 16.0 Å². The van der Waals surface area contributed by atoms with Crippen molar-refractivity contribution in [1.29, 1.82) is 0 Å². The topological polar surface area (TPSA) is 46.3 Å². The second-order valence-corrected chi connectivity index (χ2v) is 6.57. The smallest absolute Gasteiger partial charge is 0.228 e. The van der Waals surface area contributed by atoms with Gasteiger partial charge in [-0.1, -0.05) is 61.9 Å². The molecule has 0 aliphatic carbocycles. The number of halogens is 1. The van der Waals surface area contributed by atoms with Gasteiger partial charge in [0.05, 0.1) is 16.3 Å². The molecule has 0 unspecified atom stereocenters. The molecule has 3 rings (SSSR count). The van der Waals surface area contributed by atoms with Gasteiger partial charge in [-0.15, -0.1) is 0 Å². The van der Waals surface area contributed by atoms with Crippen LogP contribution in [0.2, 0.25) is 5.02 Å². The molecule has 2 aromatic carbocycles. The molecule has 1 aromatic heterocycles. The van der Waals surface area contributed by atoms with E-state index in [1.54, 1.807) is 12.1 Å². The van der Waals surface area contributed by atoms with E-state index in [9.17, 15) is 5.11 Å². The first-order chi connectivity index (χ1) is 12.0. The van der Waals surface area contributed by atoms with Crippen molar-refractivity contribution < 1.29 is 9.52 Å². The first-order valence-electron chi connectivity index (χ1n) is 8.24. The number of phenolic OH excluding ortho intramolecular Hbond substituents is 1. The summed E-state index contributed by atoms with van der Waals surface area (Å²) < 4.78 is 6.00. The molecule has 1 heterocycles. The van der Waals surface area contributed by atoms with Gasteiger partial charge in [0.1, 0.15) is 11.5 Å². The lowest BCUT2D eigenvalue weighted by molar-refractivity contribution is 0.475. The van der Waals surface area contributed by atoms with Gasteiger partial charge in [-0.2, -0.15) is 0 Å². The van der Waals surface area contributed by atoms with Crippen LogP contribution in [-0.2, 0) is 6.42 Å². The SMILES string of the molecule is CC(C)c1oc(-c2ccccc2Cl)nc1C/C=C/c1ccc(O)cc1. The number of rotatable bonds is 5. The Hall–Kier alpha value is -2.52. The van der Waals surface area contributed by atoms with Crippen molar-refractivity contribution in [3.8, 4) is 17.2 Å². The number of hydrogen-bond acceptors (Lipinski definition) is 3. The molecule has 0 bridgehead atoms. The maximum absolute atomic E-state index is 9.33. The Morgan fingerprint density at radius 2 is 1.84 bits per heavy atom. The fraction of sp³-hybridized carbons (Fsp3) is 0.190. The van der Waals surface area contributed by atoms with Crippen LogP contribution in [0.3, 0.4) is 0 Å². The van der Waals surface area contributed by atoms with Gasteiger partial charge in [0.2, 0.25) is 5.89 Å². The molecule has 0 aliphatic rings. The maximum atomic E-state index is 9.33. The van der Waals surface area contributed by atoms with Crippen molar-refractivity contribution in [3.05, 3.63) is 76.6 Å². The highest BCUT2D eigenvalue weighted by Crippen LogP contribution is 2.31. The number of benzene rings is 2. The van der Waals surface area contributed by atoms with Crippen molar-refractivity contribution in [3.63, 3.8) is 0 Å². The Morgan fingerprint density at radius 1 is 1.12 bits per heavy atom. The number of oxazole rings is 1. The van der Waals surface area contributed by atoms with E-state index in [-0.39, 0.29) is 11.7 Å². The van der Waals surface area contributed by atoms with Crippen LogP contribution >= 0.6 is 11.6 Å². The normalized spacial score (nSPS) is 11.5. The van der Waals surface area contributed by atoms with Gasteiger partial charge >= 0.3 is 0 Å². The molecular formula is C21H20ClNO2. The molecule has 0 atom stereocenters. The summed E-state index contributed by atoms with van der Waals surface area (Å²) in [7, 11) is 0. The van der Waals surface area contributed by atoms with E-state index in [1.165, 1.54) is 0 Å². The van der Waals surface area contributed by atoms with E-state index < -0.39 is 0 Å². The van der Waals surface area contributed by atoms with Crippen LogP contribution in [0.25, 0.3) is 17.5 Å². The van der Waals surface area contributed by atoms with Crippen LogP contribution in [0.1, 0.15) is 36.8 Å². The second kappa shape index (κ2) is 7.58. The summed E-state index contributed by atoms with van der Waals surface area (Å²) in [4.78, 5) is 4.67. The van der Waals surface area contributed by atoms with Crippen molar-refractivity contribution in [2.45, 2.75) is 26.2 Å². The van der Waals surface area contributed by atoms with Crippen LogP contribution in [0.4, 0.5) is 0 Å². The highest BCUT2D eigenvalue weighted by Gasteiger charge is 2.17. The lowest BCUT2D eigenvalue weighted by Gasteiger charge is -2.01. The van der Waals surface area contributed by atoms with Crippen molar-refractivity contribution in [2.75, 3.05) is 0 Å². The minimum Gasteiger partial charge on any atom is -0.508 e. The Kier molecular flexibility index (Phi) is 5.25. The van der Waals surface area contributed by atoms with E-state index in [1.807, 2.05) is 48.6 Å². The largest absolute Gasteiger partial charge is 0.508 e. The minimum atomic E-state index is 0.237. The summed E-state index contributed by atoms with van der Waals surface area (Å²) in [6.07, 6.45) is 4.72. The highest BCUT2D eigenvalue weighted by molar-refractivity contribution is 6.33. The molecule has 0 amide bonds. The minimum absolute atomic E-state index is 0.237. The third kappa shape index (κ3) is 4.12. The summed E-state index contributed by atoms with van der Waals surface area (Å²) >= 11 is 6.26. The number of allylic oxidation sites excluding steroid dienone is 1. The molecule has 128 valence electrons. The molecule has 4 heteroatoms. The highest BCUT2D eigenvalue weighted by atomic mass is 35.5. The number of hydrogen-bond donors (Lipinski definition) is 1. The second-order valence-electron chi connectivity index (χ2n) is 6.16. The zero-order valence-corrected chi connectivity index (χ0v) is 15.0. The van der Waals surface area contributed by atoms with Crippen LogP contribution in [0.15, 0.2) is 59.0 Å². The Bertz CT molecular complexity index is 879. The number of aromatic nitrogens is 1. The van der Waals surface area contributed by atoms with Crippen molar-refractivity contribution in [1.82, 2.24) is 4.98 Å². The van der Waals surface area contributed by atoms with Gasteiger partial charge in [-0.05, 0) is 29.8 Å². The first kappa shape index (κ1) is 17.3. The summed E-state index contributed by atoms with van der Waals surface area (Å²) in [6, 6.07) is 14.6. The zero-order valence-electron chi connectivity index (χ0n) is 14.2. The third-order valence-electron chi connectivity index (χ3n) is 3.87. The quantitative estimate of drug-likeness (QED) is 0.604. The molecular weight excluding hydrogens is 334 g/mol. The van der Waals surface area contributed by atoms with E-state index in [0.717, 1.165) is 22.6 Å². The van der Waals surface area contributed by atoms with Crippen molar-refractivity contribution >= 4 is 17.7 Å². The average molecular weight is 354 g/mol. The van der Waals surface area contributed by atoms with Gasteiger partial charge in [-0.3, -0.25) is 0 Å². The summed E-state index contributed by atoms with van der Waals surface area (Å²) in [5.41, 5.74) is 2.75. The summed E-state index contributed by atoms with van der Waals surface area (Å²) in [5, 5.41) is 9.96. The van der Waals surface area contributed by atoms with Gasteiger partial charge in [0.15, 0.2) is 0 Å².